The van der Waals surface area contributed by atoms with E-state index in [4.69, 9.17) is 11.6 Å². The predicted octanol–water partition coefficient (Wildman–Crippen LogP) is 2.27. The van der Waals surface area contributed by atoms with Gasteiger partial charge in [0.15, 0.2) is 8.68 Å². The van der Waals surface area contributed by atoms with E-state index in [1.807, 2.05) is 0 Å². The van der Waals surface area contributed by atoms with Gasteiger partial charge in [0, 0.05) is 6.54 Å². The summed E-state index contributed by atoms with van der Waals surface area (Å²) in [6.45, 7) is 2.59. The molecule has 1 saturated carbocycles. The van der Waals surface area contributed by atoms with Crippen molar-refractivity contribution in [3.05, 3.63) is 10.7 Å². The lowest BCUT2D eigenvalue weighted by atomic mass is 9.71. The van der Waals surface area contributed by atoms with Crippen LogP contribution in [0.3, 0.4) is 0 Å². The molecule has 1 fully saturated rings. The van der Waals surface area contributed by atoms with Crippen molar-refractivity contribution < 1.29 is 8.42 Å². The Balaban J connectivity index is 2.03. The minimum Gasteiger partial charge on any atom is -0.232 e. The predicted molar refractivity (Wildman–Crippen MR) is 64.3 cm³/mol. The third kappa shape index (κ3) is 2.56. The number of thiazole rings is 1. The molecular weight excluding hydrogens is 268 g/mol. The number of rotatable bonds is 4. The monoisotopic (exact) mass is 280 g/mol. The number of nitrogens with one attached hydrogen (secondary N) is 1. The van der Waals surface area contributed by atoms with E-state index in [-0.39, 0.29) is 14.1 Å². The molecule has 0 atom stereocenters. The van der Waals surface area contributed by atoms with E-state index < -0.39 is 10.0 Å². The van der Waals surface area contributed by atoms with Crippen LogP contribution in [0.1, 0.15) is 26.2 Å². The number of hydrogen-bond acceptors (Lipinski definition) is 4. The van der Waals surface area contributed by atoms with Crippen LogP contribution in [-0.2, 0) is 10.0 Å². The minimum absolute atomic E-state index is 0.127. The fraction of sp³-hybridized carbons (Fsp3) is 0.667. The summed E-state index contributed by atoms with van der Waals surface area (Å²) >= 11 is 6.58. The molecule has 0 amide bonds. The first-order chi connectivity index (χ1) is 7.41. The van der Waals surface area contributed by atoms with E-state index >= 15 is 0 Å². The van der Waals surface area contributed by atoms with Crippen LogP contribution in [0.4, 0.5) is 0 Å². The molecule has 1 aromatic rings. The van der Waals surface area contributed by atoms with Gasteiger partial charge in [0.05, 0.1) is 6.20 Å². The van der Waals surface area contributed by atoms with Gasteiger partial charge in [-0.1, -0.05) is 36.3 Å². The molecule has 7 heteroatoms. The molecule has 4 nitrogen and oxygen atoms in total. The SMILES string of the molecule is CC1(CNS(=O)(=O)c2cnc(Cl)s2)CCC1. The Morgan fingerprint density at radius 3 is 2.75 bits per heavy atom. The van der Waals surface area contributed by atoms with Crippen molar-refractivity contribution in [2.75, 3.05) is 6.54 Å². The smallest absolute Gasteiger partial charge is 0.232 e. The Kier molecular flexibility index (Phi) is 3.27. The fourth-order valence-corrected chi connectivity index (χ4v) is 4.20. The van der Waals surface area contributed by atoms with Gasteiger partial charge in [0.1, 0.15) is 0 Å². The van der Waals surface area contributed by atoms with Crippen molar-refractivity contribution >= 4 is 33.0 Å². The minimum atomic E-state index is -3.43. The molecule has 0 bridgehead atoms. The standard InChI is InChI=1S/C9H13ClN2O2S2/c1-9(3-2-4-9)6-12-16(13,14)7-5-11-8(10)15-7/h5,12H,2-4,6H2,1H3. The molecule has 0 aromatic carbocycles. The van der Waals surface area contributed by atoms with Gasteiger partial charge in [-0.25, -0.2) is 18.1 Å². The van der Waals surface area contributed by atoms with Crippen LogP contribution in [0, 0.1) is 5.41 Å². The summed E-state index contributed by atoms with van der Waals surface area (Å²) in [6, 6.07) is 0. The second-order valence-electron chi connectivity index (χ2n) is 4.42. The molecular formula is C9H13ClN2O2S2. The first-order valence-electron chi connectivity index (χ1n) is 5.02. The van der Waals surface area contributed by atoms with Gasteiger partial charge in [-0.15, -0.1) is 0 Å². The summed E-state index contributed by atoms with van der Waals surface area (Å²) in [5, 5.41) is 0. The largest absolute Gasteiger partial charge is 0.251 e. The first kappa shape index (κ1) is 12.3. The molecule has 1 N–H and O–H groups in total. The Morgan fingerprint density at radius 2 is 2.31 bits per heavy atom. The molecule has 2 rings (SSSR count). The van der Waals surface area contributed by atoms with E-state index in [1.165, 1.54) is 12.6 Å². The zero-order valence-corrected chi connectivity index (χ0v) is 11.3. The van der Waals surface area contributed by atoms with Gasteiger partial charge in [0.2, 0.25) is 0 Å². The highest BCUT2D eigenvalue weighted by Crippen LogP contribution is 2.39. The molecule has 0 spiro atoms. The van der Waals surface area contributed by atoms with Gasteiger partial charge in [-0.05, 0) is 18.3 Å². The van der Waals surface area contributed by atoms with Crippen LogP contribution in [0.2, 0.25) is 4.47 Å². The molecule has 90 valence electrons. The third-order valence-electron chi connectivity index (χ3n) is 2.97. The molecule has 1 aromatic heterocycles. The highest BCUT2D eigenvalue weighted by atomic mass is 35.5. The maximum absolute atomic E-state index is 11.8. The lowest BCUT2D eigenvalue weighted by Crippen LogP contribution is -2.39. The van der Waals surface area contributed by atoms with Gasteiger partial charge in [0.25, 0.3) is 10.0 Å². The maximum Gasteiger partial charge on any atom is 0.251 e. The zero-order valence-electron chi connectivity index (χ0n) is 8.86. The van der Waals surface area contributed by atoms with Crippen molar-refractivity contribution in [1.82, 2.24) is 9.71 Å². The number of nitrogens with zero attached hydrogens (tertiary/aromatic N) is 1. The number of halogens is 1. The van der Waals surface area contributed by atoms with Crippen molar-refractivity contribution in [2.45, 2.75) is 30.4 Å². The summed E-state index contributed by atoms with van der Waals surface area (Å²) in [5.74, 6) is 0. The molecule has 1 aliphatic rings. The van der Waals surface area contributed by atoms with Gasteiger partial charge in [-0.3, -0.25) is 0 Å². The normalized spacial score (nSPS) is 19.4. The average Bonchev–Trinajstić information content (AvgIpc) is 2.60. The zero-order chi connectivity index (χ0) is 11.8. The molecule has 1 aliphatic carbocycles. The van der Waals surface area contributed by atoms with Gasteiger partial charge >= 0.3 is 0 Å². The van der Waals surface area contributed by atoms with E-state index in [0.717, 1.165) is 24.2 Å². The lowest BCUT2D eigenvalue weighted by molar-refractivity contribution is 0.166. The number of sulfonamides is 1. The molecule has 0 saturated heterocycles. The van der Waals surface area contributed by atoms with E-state index in [1.54, 1.807) is 0 Å². The fourth-order valence-electron chi connectivity index (χ4n) is 1.66. The lowest BCUT2D eigenvalue weighted by Gasteiger charge is -2.38. The molecule has 0 radical (unpaired) electrons. The molecule has 1 heterocycles. The number of hydrogen-bond donors (Lipinski definition) is 1. The van der Waals surface area contributed by atoms with Crippen LogP contribution >= 0.6 is 22.9 Å². The van der Waals surface area contributed by atoms with Crippen LogP contribution < -0.4 is 4.72 Å². The van der Waals surface area contributed by atoms with Crippen LogP contribution in [0.5, 0.6) is 0 Å². The Labute approximate surface area is 104 Å². The number of aromatic nitrogens is 1. The van der Waals surface area contributed by atoms with Crippen molar-refractivity contribution in [3.8, 4) is 0 Å². The summed E-state index contributed by atoms with van der Waals surface area (Å²) in [6.07, 6.45) is 4.64. The van der Waals surface area contributed by atoms with E-state index in [2.05, 4.69) is 16.6 Å². The second kappa shape index (κ2) is 4.25. The van der Waals surface area contributed by atoms with E-state index in [0.29, 0.717) is 6.54 Å². The summed E-state index contributed by atoms with van der Waals surface area (Å²) in [4.78, 5) is 3.73. The quantitative estimate of drug-likeness (QED) is 0.920. The highest BCUT2D eigenvalue weighted by molar-refractivity contribution is 7.91. The third-order valence-corrected chi connectivity index (χ3v) is 5.95. The summed E-state index contributed by atoms with van der Waals surface area (Å²) in [7, 11) is -3.43. The highest BCUT2D eigenvalue weighted by Gasteiger charge is 2.33. The van der Waals surface area contributed by atoms with Crippen molar-refractivity contribution in [1.29, 1.82) is 0 Å². The van der Waals surface area contributed by atoms with Crippen LogP contribution in [0.15, 0.2) is 10.4 Å². The first-order valence-corrected chi connectivity index (χ1v) is 7.70. The summed E-state index contributed by atoms with van der Waals surface area (Å²) < 4.78 is 26.7. The maximum atomic E-state index is 11.8. The van der Waals surface area contributed by atoms with Crippen molar-refractivity contribution in [3.63, 3.8) is 0 Å². The van der Waals surface area contributed by atoms with Gasteiger partial charge in [-0.2, -0.15) is 0 Å². The Hall–Kier alpha value is -0.170. The van der Waals surface area contributed by atoms with Gasteiger partial charge < -0.3 is 0 Å². The Morgan fingerprint density at radius 1 is 1.62 bits per heavy atom. The van der Waals surface area contributed by atoms with Crippen molar-refractivity contribution in [2.24, 2.45) is 5.41 Å². The van der Waals surface area contributed by atoms with E-state index in [9.17, 15) is 8.42 Å². The van der Waals surface area contributed by atoms with Crippen LogP contribution in [-0.4, -0.2) is 19.9 Å². The second-order valence-corrected chi connectivity index (χ2v) is 8.03. The average molecular weight is 281 g/mol. The van der Waals surface area contributed by atoms with Crippen LogP contribution in [0.25, 0.3) is 0 Å². The topological polar surface area (TPSA) is 59.1 Å². The molecule has 0 unspecified atom stereocenters. The molecule has 0 aliphatic heterocycles. The Bertz CT molecular complexity index is 479. The summed E-state index contributed by atoms with van der Waals surface area (Å²) in [5.41, 5.74) is 0.127. The molecule has 16 heavy (non-hydrogen) atoms.